The lowest BCUT2D eigenvalue weighted by atomic mass is 10.1. The van der Waals surface area contributed by atoms with Crippen LogP contribution in [0, 0.1) is 0 Å². The highest BCUT2D eigenvalue weighted by Crippen LogP contribution is 2.43. The zero-order valence-corrected chi connectivity index (χ0v) is 32.0. The molecule has 0 radical (unpaired) electrons. The van der Waals surface area contributed by atoms with Gasteiger partial charge in [-0.25, -0.2) is 4.57 Å². The summed E-state index contributed by atoms with van der Waals surface area (Å²) in [4.78, 5) is 34.7. The van der Waals surface area contributed by atoms with E-state index in [-0.39, 0.29) is 19.4 Å². The van der Waals surface area contributed by atoms with Crippen LogP contribution >= 0.6 is 7.82 Å². The minimum atomic E-state index is -4.62. The van der Waals surface area contributed by atoms with Crippen molar-refractivity contribution in [1.29, 1.82) is 0 Å². The molecule has 0 aromatic carbocycles. The van der Waals surface area contributed by atoms with E-state index < -0.39 is 51.8 Å². The topological polar surface area (TPSA) is 149 Å². The number of esters is 2. The minimum Gasteiger partial charge on any atom is -0.462 e. The van der Waals surface area contributed by atoms with Crippen molar-refractivity contribution in [3.63, 3.8) is 0 Å². The molecule has 290 valence electrons. The third-order valence-electron chi connectivity index (χ3n) is 7.74. The molecule has 0 aromatic rings. The third-order valence-corrected chi connectivity index (χ3v) is 8.69. The monoisotopic (exact) mass is 728 g/mol. The predicted molar refractivity (Wildman–Crippen MR) is 201 cm³/mol. The van der Waals surface area contributed by atoms with Crippen LogP contribution in [-0.4, -0.2) is 65.7 Å². The smallest absolute Gasteiger partial charge is 0.462 e. The molecule has 0 aliphatic heterocycles. The Bertz CT molecular complexity index is 978. The van der Waals surface area contributed by atoms with E-state index in [0.29, 0.717) is 19.3 Å². The van der Waals surface area contributed by atoms with Gasteiger partial charge in [-0.15, -0.1) is 0 Å². The zero-order valence-electron chi connectivity index (χ0n) is 31.1. The SMILES string of the molecule is CCCCC/C=C/C/C=C/C/C=C/C/C=C/CCCC(=O)OC[C@@H](COP(=O)(O)OC[C@H](O)CO)OC(=O)CCCCCCCCCCCC. The third kappa shape index (κ3) is 34.4. The number of aliphatic hydroxyl groups is 2. The van der Waals surface area contributed by atoms with Crippen LogP contribution in [0.3, 0.4) is 0 Å². The fourth-order valence-electron chi connectivity index (χ4n) is 4.75. The first-order valence-corrected chi connectivity index (χ1v) is 20.6. The standard InChI is InChI=1S/C39H69O10P/c1-3-5-7-9-11-13-15-16-17-18-19-20-21-23-24-26-28-30-38(42)46-34-37(35-48-50(44,45)47-33-36(41)32-40)49-39(43)31-29-27-25-22-14-12-10-8-6-4-2/h11,13,16-17,19-20,23-24,36-37,40-41H,3-10,12,14-15,18,21-22,25-35H2,1-2H3,(H,44,45)/b13-11+,17-16+,20-19+,24-23+/t36-,37+/m1/s1. The average Bonchev–Trinajstić information content (AvgIpc) is 3.10. The van der Waals surface area contributed by atoms with Crippen LogP contribution in [-0.2, 0) is 32.7 Å². The van der Waals surface area contributed by atoms with Crippen LogP contribution in [0.1, 0.15) is 149 Å². The molecule has 0 saturated heterocycles. The van der Waals surface area contributed by atoms with Gasteiger partial charge in [0.25, 0.3) is 0 Å². The van der Waals surface area contributed by atoms with Gasteiger partial charge in [0, 0.05) is 12.8 Å². The summed E-state index contributed by atoms with van der Waals surface area (Å²) in [6.07, 6.45) is 35.2. The van der Waals surface area contributed by atoms with Gasteiger partial charge >= 0.3 is 19.8 Å². The Kier molecular flexibility index (Phi) is 33.9. The highest BCUT2D eigenvalue weighted by Gasteiger charge is 2.27. The Morgan fingerprint density at radius 2 is 1.06 bits per heavy atom. The summed E-state index contributed by atoms with van der Waals surface area (Å²) in [5, 5.41) is 18.2. The highest BCUT2D eigenvalue weighted by atomic mass is 31.2. The Morgan fingerprint density at radius 3 is 1.62 bits per heavy atom. The molecule has 0 bridgehead atoms. The molecule has 0 aliphatic carbocycles. The van der Waals surface area contributed by atoms with E-state index >= 15 is 0 Å². The predicted octanol–water partition coefficient (Wildman–Crippen LogP) is 9.38. The number of phosphoric ester groups is 1. The number of aliphatic hydroxyl groups excluding tert-OH is 2. The van der Waals surface area contributed by atoms with Gasteiger partial charge in [-0.2, -0.15) is 0 Å². The lowest BCUT2D eigenvalue weighted by Crippen LogP contribution is -2.29. The normalized spacial score (nSPS) is 14.6. The van der Waals surface area contributed by atoms with Gasteiger partial charge in [0.2, 0.25) is 0 Å². The van der Waals surface area contributed by atoms with E-state index in [1.54, 1.807) is 0 Å². The molecule has 0 aliphatic rings. The molecule has 0 fully saturated rings. The van der Waals surface area contributed by atoms with Crippen LogP contribution < -0.4 is 0 Å². The zero-order chi connectivity index (χ0) is 37.0. The molecular formula is C39H69O10P. The first kappa shape index (κ1) is 47.9. The Labute approximate surface area is 303 Å². The molecular weight excluding hydrogens is 659 g/mol. The second kappa shape index (κ2) is 35.3. The number of hydrogen-bond donors (Lipinski definition) is 3. The molecule has 0 heterocycles. The van der Waals surface area contributed by atoms with Crippen LogP contribution in [0.2, 0.25) is 0 Å². The molecule has 0 amide bonds. The maximum atomic E-state index is 12.5. The van der Waals surface area contributed by atoms with Crippen molar-refractivity contribution < 1.29 is 47.8 Å². The molecule has 0 rings (SSSR count). The minimum absolute atomic E-state index is 0.165. The van der Waals surface area contributed by atoms with E-state index in [4.69, 9.17) is 19.1 Å². The van der Waals surface area contributed by atoms with E-state index in [1.165, 1.54) is 57.8 Å². The van der Waals surface area contributed by atoms with Crippen molar-refractivity contribution in [2.45, 2.75) is 161 Å². The van der Waals surface area contributed by atoms with Gasteiger partial charge in [0.15, 0.2) is 6.10 Å². The maximum absolute atomic E-state index is 12.5. The molecule has 3 N–H and O–H groups in total. The van der Waals surface area contributed by atoms with Gasteiger partial charge in [-0.05, 0) is 51.4 Å². The highest BCUT2D eigenvalue weighted by molar-refractivity contribution is 7.47. The Balaban J connectivity index is 4.45. The largest absolute Gasteiger partial charge is 0.472 e. The summed E-state index contributed by atoms with van der Waals surface area (Å²) in [5.74, 6) is -0.995. The number of carbonyl (C=O) groups excluding carboxylic acids is 2. The summed E-state index contributed by atoms with van der Waals surface area (Å²) in [6, 6.07) is 0. The Morgan fingerprint density at radius 1 is 0.600 bits per heavy atom. The summed E-state index contributed by atoms with van der Waals surface area (Å²) >= 11 is 0. The average molecular weight is 729 g/mol. The number of rotatable bonds is 35. The lowest BCUT2D eigenvalue weighted by molar-refractivity contribution is -0.161. The van der Waals surface area contributed by atoms with E-state index in [9.17, 15) is 24.2 Å². The number of carbonyl (C=O) groups is 2. The molecule has 0 saturated carbocycles. The van der Waals surface area contributed by atoms with E-state index in [1.807, 2.05) is 6.08 Å². The van der Waals surface area contributed by atoms with Crippen LogP contribution in [0.15, 0.2) is 48.6 Å². The number of hydrogen-bond acceptors (Lipinski definition) is 9. The van der Waals surface area contributed by atoms with Gasteiger partial charge in [-0.1, -0.05) is 133 Å². The van der Waals surface area contributed by atoms with Crippen LogP contribution in [0.4, 0.5) is 0 Å². The van der Waals surface area contributed by atoms with E-state index in [0.717, 1.165) is 44.9 Å². The fourth-order valence-corrected chi connectivity index (χ4v) is 5.54. The Hall–Kier alpha value is -2.07. The van der Waals surface area contributed by atoms with Crippen molar-refractivity contribution >= 4 is 19.8 Å². The summed E-state index contributed by atoms with van der Waals surface area (Å²) < 4.78 is 32.5. The first-order valence-electron chi connectivity index (χ1n) is 19.1. The van der Waals surface area contributed by atoms with E-state index in [2.05, 4.69) is 60.9 Å². The van der Waals surface area contributed by atoms with Gasteiger partial charge < -0.3 is 24.6 Å². The molecule has 0 spiro atoms. The number of ether oxygens (including phenoxy) is 2. The molecule has 0 aromatic heterocycles. The second-order valence-electron chi connectivity index (χ2n) is 12.6. The number of phosphoric acid groups is 1. The van der Waals surface area contributed by atoms with Gasteiger partial charge in [0.05, 0.1) is 19.8 Å². The van der Waals surface area contributed by atoms with Crippen molar-refractivity contribution in [3.8, 4) is 0 Å². The quantitative estimate of drug-likeness (QED) is 0.0249. The fraction of sp³-hybridized carbons (Fsp3) is 0.744. The van der Waals surface area contributed by atoms with Crippen molar-refractivity contribution in [2.24, 2.45) is 0 Å². The molecule has 1 unspecified atom stereocenters. The van der Waals surface area contributed by atoms with Crippen molar-refractivity contribution in [1.82, 2.24) is 0 Å². The maximum Gasteiger partial charge on any atom is 0.472 e. The van der Waals surface area contributed by atoms with Gasteiger partial charge in [-0.3, -0.25) is 18.6 Å². The van der Waals surface area contributed by atoms with Crippen molar-refractivity contribution in [3.05, 3.63) is 48.6 Å². The molecule has 50 heavy (non-hydrogen) atoms. The summed E-state index contributed by atoms with van der Waals surface area (Å²) in [5.41, 5.74) is 0. The number of allylic oxidation sites excluding steroid dienone is 8. The van der Waals surface area contributed by atoms with Crippen molar-refractivity contribution in [2.75, 3.05) is 26.4 Å². The second-order valence-corrected chi connectivity index (χ2v) is 14.1. The first-order chi connectivity index (χ1) is 24.2. The molecule has 3 atom stereocenters. The van der Waals surface area contributed by atoms with Gasteiger partial charge in [0.1, 0.15) is 12.7 Å². The number of unbranched alkanes of at least 4 members (excludes halogenated alkanes) is 13. The summed E-state index contributed by atoms with van der Waals surface area (Å²) in [6.45, 7) is 2.25. The molecule has 11 heteroatoms. The van der Waals surface area contributed by atoms with Crippen LogP contribution in [0.5, 0.6) is 0 Å². The summed E-state index contributed by atoms with van der Waals surface area (Å²) in [7, 11) is -4.62. The lowest BCUT2D eigenvalue weighted by Gasteiger charge is -2.20. The van der Waals surface area contributed by atoms with Crippen LogP contribution in [0.25, 0.3) is 0 Å². The molecule has 10 nitrogen and oxygen atoms in total.